The zero-order chi connectivity index (χ0) is 17.6. The normalized spacial score (nSPS) is 15.1. The van der Waals surface area contributed by atoms with Gasteiger partial charge in [-0.1, -0.05) is 12.1 Å². The Morgan fingerprint density at radius 3 is 2.60 bits per heavy atom. The lowest BCUT2D eigenvalue weighted by Crippen LogP contribution is -2.35. The molecule has 0 radical (unpaired) electrons. The largest absolute Gasteiger partial charge is 0.379 e. The SMILES string of the molecule is Cc1ccsc1CN(C)C(=O)Nc1ccc(CN2CCOCC2)cc1. The van der Waals surface area contributed by atoms with Crippen molar-refractivity contribution in [2.24, 2.45) is 0 Å². The highest BCUT2D eigenvalue weighted by molar-refractivity contribution is 7.10. The Kier molecular flexibility index (Phi) is 6.07. The molecule has 0 bridgehead atoms. The summed E-state index contributed by atoms with van der Waals surface area (Å²) in [6.45, 7) is 7.20. The molecule has 1 aromatic carbocycles. The number of aryl methyl sites for hydroxylation is 1. The number of carbonyl (C=O) groups excluding carboxylic acids is 1. The maximum absolute atomic E-state index is 12.3. The zero-order valence-electron chi connectivity index (χ0n) is 14.8. The number of benzene rings is 1. The van der Waals surface area contributed by atoms with Crippen molar-refractivity contribution in [1.29, 1.82) is 0 Å². The minimum Gasteiger partial charge on any atom is -0.379 e. The van der Waals surface area contributed by atoms with E-state index in [0.29, 0.717) is 6.54 Å². The molecule has 0 atom stereocenters. The third-order valence-corrected chi connectivity index (χ3v) is 5.42. The molecule has 2 aromatic rings. The smallest absolute Gasteiger partial charge is 0.321 e. The van der Waals surface area contributed by atoms with E-state index in [4.69, 9.17) is 4.74 Å². The van der Waals surface area contributed by atoms with E-state index >= 15 is 0 Å². The van der Waals surface area contributed by atoms with Gasteiger partial charge < -0.3 is 15.0 Å². The highest BCUT2D eigenvalue weighted by Crippen LogP contribution is 2.18. The lowest BCUT2D eigenvalue weighted by Gasteiger charge is -2.26. The van der Waals surface area contributed by atoms with Crippen LogP contribution in [0.3, 0.4) is 0 Å². The van der Waals surface area contributed by atoms with E-state index < -0.39 is 0 Å². The Balaban J connectivity index is 1.51. The number of hydrogen-bond donors (Lipinski definition) is 1. The molecule has 1 aliphatic heterocycles. The van der Waals surface area contributed by atoms with Crippen LogP contribution in [0.1, 0.15) is 16.0 Å². The summed E-state index contributed by atoms with van der Waals surface area (Å²) in [5.41, 5.74) is 3.31. The van der Waals surface area contributed by atoms with Crippen molar-refractivity contribution in [1.82, 2.24) is 9.80 Å². The van der Waals surface area contributed by atoms with Crippen molar-refractivity contribution < 1.29 is 9.53 Å². The average Bonchev–Trinajstić information content (AvgIpc) is 3.02. The van der Waals surface area contributed by atoms with E-state index in [1.807, 2.05) is 19.2 Å². The number of amides is 2. The highest BCUT2D eigenvalue weighted by atomic mass is 32.1. The van der Waals surface area contributed by atoms with E-state index in [-0.39, 0.29) is 6.03 Å². The summed E-state index contributed by atoms with van der Waals surface area (Å²) in [6.07, 6.45) is 0. The third kappa shape index (κ3) is 5.04. The maximum Gasteiger partial charge on any atom is 0.321 e. The molecule has 2 amide bonds. The Morgan fingerprint density at radius 1 is 1.24 bits per heavy atom. The Morgan fingerprint density at radius 2 is 1.96 bits per heavy atom. The second-order valence-corrected chi connectivity index (χ2v) is 7.40. The van der Waals surface area contributed by atoms with Crippen LogP contribution in [0.5, 0.6) is 0 Å². The fraction of sp³-hybridized carbons (Fsp3) is 0.421. The average molecular weight is 359 g/mol. The van der Waals surface area contributed by atoms with Gasteiger partial charge in [-0.15, -0.1) is 11.3 Å². The van der Waals surface area contributed by atoms with Gasteiger partial charge in [0, 0.05) is 37.2 Å². The molecule has 1 N–H and O–H groups in total. The lowest BCUT2D eigenvalue weighted by molar-refractivity contribution is 0.0342. The van der Waals surface area contributed by atoms with E-state index in [0.717, 1.165) is 38.5 Å². The standard InChI is InChI=1S/C19H25N3O2S/c1-15-7-12-25-18(15)14-21(2)19(23)20-17-5-3-16(4-6-17)13-22-8-10-24-11-9-22/h3-7,12H,8-11,13-14H2,1-2H3,(H,20,23). The number of ether oxygens (including phenoxy) is 1. The topological polar surface area (TPSA) is 44.8 Å². The number of hydrogen-bond acceptors (Lipinski definition) is 4. The summed E-state index contributed by atoms with van der Waals surface area (Å²) in [7, 11) is 1.82. The first-order chi connectivity index (χ1) is 12.1. The van der Waals surface area contributed by atoms with Gasteiger partial charge in [-0.05, 0) is 41.6 Å². The number of carbonyl (C=O) groups is 1. The summed E-state index contributed by atoms with van der Waals surface area (Å²) in [4.78, 5) is 17.7. The molecule has 1 saturated heterocycles. The first kappa shape index (κ1) is 17.9. The minimum absolute atomic E-state index is 0.0891. The van der Waals surface area contributed by atoms with Crippen molar-refractivity contribution in [2.75, 3.05) is 38.7 Å². The number of urea groups is 1. The number of anilines is 1. The third-order valence-electron chi connectivity index (χ3n) is 4.41. The predicted octanol–water partition coefficient (Wildman–Crippen LogP) is 3.55. The second-order valence-electron chi connectivity index (χ2n) is 6.40. The molecular formula is C19H25N3O2S. The minimum atomic E-state index is -0.0891. The van der Waals surface area contributed by atoms with E-state index in [1.54, 1.807) is 16.2 Å². The van der Waals surface area contributed by atoms with Crippen LogP contribution in [0.4, 0.5) is 10.5 Å². The van der Waals surface area contributed by atoms with Gasteiger partial charge in [-0.3, -0.25) is 4.90 Å². The van der Waals surface area contributed by atoms with Gasteiger partial charge in [0.1, 0.15) is 0 Å². The molecule has 0 saturated carbocycles. The zero-order valence-corrected chi connectivity index (χ0v) is 15.6. The second kappa shape index (κ2) is 8.47. The molecular weight excluding hydrogens is 334 g/mol. The summed E-state index contributed by atoms with van der Waals surface area (Å²) < 4.78 is 5.37. The van der Waals surface area contributed by atoms with Gasteiger partial charge in [0.25, 0.3) is 0 Å². The number of rotatable bonds is 5. The predicted molar refractivity (Wildman–Crippen MR) is 102 cm³/mol. The van der Waals surface area contributed by atoms with Gasteiger partial charge in [0.05, 0.1) is 19.8 Å². The van der Waals surface area contributed by atoms with Crippen LogP contribution in [0.25, 0.3) is 0 Å². The van der Waals surface area contributed by atoms with Crippen LogP contribution in [0.2, 0.25) is 0 Å². The molecule has 6 heteroatoms. The van der Waals surface area contributed by atoms with Crippen molar-refractivity contribution in [3.05, 3.63) is 51.7 Å². The van der Waals surface area contributed by atoms with Gasteiger partial charge in [0.15, 0.2) is 0 Å². The van der Waals surface area contributed by atoms with Gasteiger partial charge in [0.2, 0.25) is 0 Å². The fourth-order valence-electron chi connectivity index (χ4n) is 2.78. The molecule has 5 nitrogen and oxygen atoms in total. The van der Waals surface area contributed by atoms with Crippen LogP contribution in [-0.2, 0) is 17.8 Å². The molecule has 0 spiro atoms. The number of morpholine rings is 1. The van der Waals surface area contributed by atoms with Crippen LogP contribution < -0.4 is 5.32 Å². The maximum atomic E-state index is 12.3. The van der Waals surface area contributed by atoms with Crippen LogP contribution >= 0.6 is 11.3 Å². The van der Waals surface area contributed by atoms with Crippen molar-refractivity contribution >= 4 is 23.1 Å². The van der Waals surface area contributed by atoms with Crippen LogP contribution in [-0.4, -0.2) is 49.2 Å². The fourth-order valence-corrected chi connectivity index (χ4v) is 3.74. The molecule has 0 aliphatic carbocycles. The molecule has 1 aromatic heterocycles. The highest BCUT2D eigenvalue weighted by Gasteiger charge is 2.13. The number of nitrogens with zero attached hydrogens (tertiary/aromatic N) is 2. The summed E-state index contributed by atoms with van der Waals surface area (Å²) in [6, 6.07) is 10.1. The molecule has 2 heterocycles. The van der Waals surface area contributed by atoms with Gasteiger partial charge in [-0.2, -0.15) is 0 Å². The van der Waals surface area contributed by atoms with E-state index in [9.17, 15) is 4.79 Å². The molecule has 3 rings (SSSR count). The van der Waals surface area contributed by atoms with Crippen molar-refractivity contribution in [2.45, 2.75) is 20.0 Å². The first-order valence-electron chi connectivity index (χ1n) is 8.56. The molecule has 0 unspecified atom stereocenters. The molecule has 1 fully saturated rings. The molecule has 25 heavy (non-hydrogen) atoms. The molecule has 134 valence electrons. The number of nitrogens with one attached hydrogen (secondary N) is 1. The lowest BCUT2D eigenvalue weighted by atomic mass is 10.2. The van der Waals surface area contributed by atoms with Gasteiger partial charge >= 0.3 is 6.03 Å². The number of thiophene rings is 1. The summed E-state index contributed by atoms with van der Waals surface area (Å²) in [5.74, 6) is 0. The van der Waals surface area contributed by atoms with Crippen molar-refractivity contribution in [3.8, 4) is 0 Å². The van der Waals surface area contributed by atoms with E-state index in [1.165, 1.54) is 16.0 Å². The summed E-state index contributed by atoms with van der Waals surface area (Å²) in [5, 5.41) is 5.02. The van der Waals surface area contributed by atoms with Gasteiger partial charge in [-0.25, -0.2) is 4.79 Å². The quantitative estimate of drug-likeness (QED) is 0.888. The Hall–Kier alpha value is -1.89. The van der Waals surface area contributed by atoms with E-state index in [2.05, 4.69) is 40.7 Å². The van der Waals surface area contributed by atoms with Crippen LogP contribution in [0, 0.1) is 6.92 Å². The van der Waals surface area contributed by atoms with Crippen LogP contribution in [0.15, 0.2) is 35.7 Å². The monoisotopic (exact) mass is 359 g/mol. The molecule has 1 aliphatic rings. The summed E-state index contributed by atoms with van der Waals surface area (Å²) >= 11 is 1.68. The Bertz CT molecular complexity index is 693. The first-order valence-corrected chi connectivity index (χ1v) is 9.44. The van der Waals surface area contributed by atoms with Crippen molar-refractivity contribution in [3.63, 3.8) is 0 Å². The Labute approximate surface area is 153 Å².